The van der Waals surface area contributed by atoms with Crippen molar-refractivity contribution in [2.75, 3.05) is 30.9 Å². The molecule has 0 fully saturated rings. The van der Waals surface area contributed by atoms with Crippen molar-refractivity contribution in [3.63, 3.8) is 0 Å². The number of carbonyl (C=O) groups excluding carboxylic acids is 1. The van der Waals surface area contributed by atoms with Crippen molar-refractivity contribution in [1.29, 1.82) is 0 Å². The molecule has 0 spiro atoms. The molecule has 1 aromatic carbocycles. The molecule has 2 aromatic rings. The number of rotatable bonds is 9. The Morgan fingerprint density at radius 1 is 1.09 bits per heavy atom. The zero-order valence-corrected chi connectivity index (χ0v) is 23.8. The Labute approximate surface area is 209 Å². The number of hydrogen-bond donors (Lipinski definition) is 0. The van der Waals surface area contributed by atoms with Crippen LogP contribution in [0.5, 0.6) is 5.75 Å². The summed E-state index contributed by atoms with van der Waals surface area (Å²) in [5.74, 6) is -0.161. The number of pyridine rings is 1. The van der Waals surface area contributed by atoms with E-state index in [9.17, 15) is 4.79 Å². The standard InChI is InChI=1S/C26H39FN2O3SSi/c1-25(2,3)18-29(22-11-10-12-23(28-22)33-7)24(30)20-14-13-19(17-21(20)27)31-15-16-32-34(8,9)26(4,5)6/h10-14,17H,15-16,18H2,1-9H3. The van der Waals surface area contributed by atoms with Crippen molar-refractivity contribution < 1.29 is 18.3 Å². The Balaban J connectivity index is 2.16. The maximum absolute atomic E-state index is 15.0. The summed E-state index contributed by atoms with van der Waals surface area (Å²) in [7, 11) is -1.86. The van der Waals surface area contributed by atoms with E-state index in [1.54, 1.807) is 17.0 Å². The van der Waals surface area contributed by atoms with Gasteiger partial charge in [-0.1, -0.05) is 47.6 Å². The average molecular weight is 507 g/mol. The SMILES string of the molecule is CSc1cccc(N(CC(C)(C)C)C(=O)c2ccc(OCCO[Si](C)(C)C(C)(C)C)cc2F)n1. The van der Waals surface area contributed by atoms with Crippen molar-refractivity contribution in [2.45, 2.75) is 64.7 Å². The van der Waals surface area contributed by atoms with Crippen LogP contribution in [0.1, 0.15) is 51.9 Å². The van der Waals surface area contributed by atoms with Crippen LogP contribution >= 0.6 is 11.8 Å². The number of amides is 1. The number of benzene rings is 1. The fraction of sp³-hybridized carbons (Fsp3) is 0.538. The molecular weight excluding hydrogens is 467 g/mol. The van der Waals surface area contributed by atoms with E-state index < -0.39 is 20.0 Å². The van der Waals surface area contributed by atoms with Gasteiger partial charge in [-0.2, -0.15) is 0 Å². The Kier molecular flexibility index (Phi) is 9.35. The monoisotopic (exact) mass is 506 g/mol. The summed E-state index contributed by atoms with van der Waals surface area (Å²) in [5.41, 5.74) is -0.207. The number of hydrogen-bond acceptors (Lipinski definition) is 5. The highest BCUT2D eigenvalue weighted by Crippen LogP contribution is 2.36. The van der Waals surface area contributed by atoms with E-state index in [-0.39, 0.29) is 16.0 Å². The number of anilines is 1. The number of halogens is 1. The molecule has 1 amide bonds. The molecule has 34 heavy (non-hydrogen) atoms. The Bertz CT molecular complexity index is 987. The van der Waals surface area contributed by atoms with E-state index in [2.05, 4.69) is 38.8 Å². The quantitative estimate of drug-likeness (QED) is 0.207. The normalized spacial score (nSPS) is 12.5. The lowest BCUT2D eigenvalue weighted by Gasteiger charge is -2.36. The average Bonchev–Trinajstić information content (AvgIpc) is 2.73. The number of thioether (sulfide) groups is 1. The lowest BCUT2D eigenvalue weighted by Crippen LogP contribution is -2.41. The zero-order valence-electron chi connectivity index (χ0n) is 22.0. The van der Waals surface area contributed by atoms with Gasteiger partial charge in [0.05, 0.1) is 17.2 Å². The van der Waals surface area contributed by atoms with Crippen molar-refractivity contribution in [3.05, 3.63) is 47.8 Å². The van der Waals surface area contributed by atoms with Crippen LogP contribution in [0, 0.1) is 11.2 Å². The first-order valence-corrected chi connectivity index (χ1v) is 15.7. The molecule has 0 aliphatic heterocycles. The Hall–Kier alpha value is -1.90. The molecule has 0 aliphatic rings. The molecule has 2 rings (SSSR count). The summed E-state index contributed by atoms with van der Waals surface area (Å²) in [6.45, 7) is 18.2. The topological polar surface area (TPSA) is 51.7 Å². The van der Waals surface area contributed by atoms with Gasteiger partial charge in [0.1, 0.15) is 24.0 Å². The second kappa shape index (κ2) is 11.2. The van der Waals surface area contributed by atoms with Gasteiger partial charge in [-0.05, 0) is 54.1 Å². The van der Waals surface area contributed by atoms with Gasteiger partial charge < -0.3 is 9.16 Å². The largest absolute Gasteiger partial charge is 0.491 e. The van der Waals surface area contributed by atoms with Crippen molar-refractivity contribution in [3.8, 4) is 5.75 Å². The molecule has 0 saturated carbocycles. The van der Waals surface area contributed by atoms with Gasteiger partial charge in [-0.3, -0.25) is 9.69 Å². The van der Waals surface area contributed by atoms with Crippen molar-refractivity contribution in [1.82, 2.24) is 4.98 Å². The van der Waals surface area contributed by atoms with Crippen LogP contribution in [-0.2, 0) is 4.43 Å². The number of nitrogens with zero attached hydrogens (tertiary/aromatic N) is 2. The lowest BCUT2D eigenvalue weighted by atomic mass is 9.95. The van der Waals surface area contributed by atoms with Gasteiger partial charge in [-0.25, -0.2) is 9.37 Å². The van der Waals surface area contributed by atoms with Gasteiger partial charge in [0.15, 0.2) is 8.32 Å². The van der Waals surface area contributed by atoms with E-state index in [1.807, 2.05) is 39.2 Å². The minimum absolute atomic E-state index is 0.00882. The molecule has 0 unspecified atom stereocenters. The third kappa shape index (κ3) is 7.82. The van der Waals surface area contributed by atoms with E-state index in [1.165, 1.54) is 23.9 Å². The summed E-state index contributed by atoms with van der Waals surface area (Å²) in [6.07, 6.45) is 1.93. The van der Waals surface area contributed by atoms with Gasteiger partial charge in [-0.15, -0.1) is 11.8 Å². The molecule has 8 heteroatoms. The zero-order chi connectivity index (χ0) is 25.7. The molecule has 1 heterocycles. The maximum atomic E-state index is 15.0. The highest BCUT2D eigenvalue weighted by atomic mass is 32.2. The van der Waals surface area contributed by atoms with Crippen LogP contribution in [0.3, 0.4) is 0 Å². The van der Waals surface area contributed by atoms with E-state index in [4.69, 9.17) is 9.16 Å². The molecule has 0 atom stereocenters. The van der Waals surface area contributed by atoms with Crippen LogP contribution in [0.25, 0.3) is 0 Å². The first-order valence-electron chi connectivity index (χ1n) is 11.5. The fourth-order valence-corrected chi connectivity index (χ4v) is 4.40. The summed E-state index contributed by atoms with van der Waals surface area (Å²) in [4.78, 5) is 19.5. The molecule has 0 aliphatic carbocycles. The second-order valence-corrected chi connectivity index (χ2v) is 16.7. The Morgan fingerprint density at radius 3 is 2.32 bits per heavy atom. The molecule has 0 N–H and O–H groups in total. The van der Waals surface area contributed by atoms with Gasteiger partial charge >= 0.3 is 0 Å². The maximum Gasteiger partial charge on any atom is 0.262 e. The molecule has 0 bridgehead atoms. The lowest BCUT2D eigenvalue weighted by molar-refractivity contribution is 0.0972. The minimum atomic E-state index is -1.86. The second-order valence-electron chi connectivity index (χ2n) is 11.1. The molecule has 0 radical (unpaired) electrons. The number of ether oxygens (including phenoxy) is 1. The summed E-state index contributed by atoms with van der Waals surface area (Å²) >= 11 is 1.50. The Morgan fingerprint density at radius 2 is 1.76 bits per heavy atom. The summed E-state index contributed by atoms with van der Waals surface area (Å²) < 4.78 is 26.8. The summed E-state index contributed by atoms with van der Waals surface area (Å²) in [6, 6.07) is 9.90. The predicted molar refractivity (Wildman–Crippen MR) is 142 cm³/mol. The van der Waals surface area contributed by atoms with Gasteiger partial charge in [0.25, 0.3) is 5.91 Å². The first-order chi connectivity index (χ1) is 15.6. The third-order valence-corrected chi connectivity index (χ3v) is 11.0. The van der Waals surface area contributed by atoms with Crippen LogP contribution in [0.4, 0.5) is 10.2 Å². The predicted octanol–water partition coefficient (Wildman–Crippen LogP) is 7.04. The fourth-order valence-electron chi connectivity index (χ4n) is 2.98. The molecule has 1 aromatic heterocycles. The molecular formula is C26H39FN2O3SSi. The number of aromatic nitrogens is 1. The number of carbonyl (C=O) groups is 1. The van der Waals surface area contributed by atoms with Gasteiger partial charge in [0.2, 0.25) is 0 Å². The highest BCUT2D eigenvalue weighted by molar-refractivity contribution is 7.98. The molecule has 0 saturated heterocycles. The van der Waals surface area contributed by atoms with E-state index in [0.717, 1.165) is 5.03 Å². The molecule has 5 nitrogen and oxygen atoms in total. The smallest absolute Gasteiger partial charge is 0.262 e. The highest BCUT2D eigenvalue weighted by Gasteiger charge is 2.37. The van der Waals surface area contributed by atoms with Crippen LogP contribution < -0.4 is 9.64 Å². The van der Waals surface area contributed by atoms with Crippen LogP contribution in [0.2, 0.25) is 18.1 Å². The summed E-state index contributed by atoms with van der Waals surface area (Å²) in [5, 5.41) is 0.915. The molecule has 188 valence electrons. The van der Waals surface area contributed by atoms with Crippen molar-refractivity contribution in [2.24, 2.45) is 5.41 Å². The minimum Gasteiger partial charge on any atom is -0.491 e. The van der Waals surface area contributed by atoms with E-state index in [0.29, 0.717) is 31.3 Å². The van der Waals surface area contributed by atoms with E-state index >= 15 is 4.39 Å². The van der Waals surface area contributed by atoms with Crippen LogP contribution in [-0.4, -0.2) is 45.2 Å². The third-order valence-electron chi connectivity index (χ3n) is 5.86. The first kappa shape index (κ1) is 28.3. The van der Waals surface area contributed by atoms with Gasteiger partial charge in [0, 0.05) is 12.6 Å². The van der Waals surface area contributed by atoms with Crippen LogP contribution in [0.15, 0.2) is 41.4 Å². The van der Waals surface area contributed by atoms with Crippen molar-refractivity contribution >= 4 is 31.8 Å².